The van der Waals surface area contributed by atoms with E-state index in [1.165, 1.54) is 0 Å². The van der Waals surface area contributed by atoms with Crippen molar-refractivity contribution >= 4 is 35.6 Å². The predicted octanol–water partition coefficient (Wildman–Crippen LogP) is 2.80. The Morgan fingerprint density at radius 2 is 1.76 bits per heavy atom. The SMILES string of the molecule is CN=C(NCCN(C)C(C)C)NC1CCN(c2cc(OC)cc(OC)c2)CC1.I. The number of hydrogen-bond acceptors (Lipinski definition) is 5. The van der Waals surface area contributed by atoms with Gasteiger partial charge in [0.1, 0.15) is 11.5 Å². The second kappa shape index (κ2) is 13.0. The first kappa shape index (κ1) is 25.6. The molecule has 0 aliphatic carbocycles. The molecule has 0 unspecified atom stereocenters. The van der Waals surface area contributed by atoms with E-state index >= 15 is 0 Å². The predicted molar refractivity (Wildman–Crippen MR) is 132 cm³/mol. The van der Waals surface area contributed by atoms with Crippen LogP contribution in [0.15, 0.2) is 23.2 Å². The minimum Gasteiger partial charge on any atom is -0.497 e. The van der Waals surface area contributed by atoms with Crippen LogP contribution < -0.4 is 25.0 Å². The summed E-state index contributed by atoms with van der Waals surface area (Å²) in [5.74, 6) is 2.54. The maximum atomic E-state index is 5.40. The third-order valence-corrected chi connectivity index (χ3v) is 5.40. The van der Waals surface area contributed by atoms with Gasteiger partial charge >= 0.3 is 0 Å². The number of nitrogens with one attached hydrogen (secondary N) is 2. The highest BCUT2D eigenvalue weighted by Crippen LogP contribution is 2.30. The van der Waals surface area contributed by atoms with Crippen molar-refractivity contribution < 1.29 is 9.47 Å². The van der Waals surface area contributed by atoms with E-state index in [-0.39, 0.29) is 24.0 Å². The Hall–Kier alpha value is -1.42. The number of benzene rings is 1. The van der Waals surface area contributed by atoms with Crippen LogP contribution in [0.3, 0.4) is 0 Å². The molecule has 0 atom stereocenters. The third-order valence-electron chi connectivity index (χ3n) is 5.40. The number of piperidine rings is 1. The van der Waals surface area contributed by atoms with Gasteiger partial charge in [-0.25, -0.2) is 0 Å². The molecule has 7 nitrogen and oxygen atoms in total. The Bertz CT molecular complexity index is 611. The lowest BCUT2D eigenvalue weighted by Gasteiger charge is -2.35. The molecule has 1 aromatic rings. The molecule has 166 valence electrons. The number of rotatable bonds is 8. The third kappa shape index (κ3) is 8.08. The summed E-state index contributed by atoms with van der Waals surface area (Å²) in [6, 6.07) is 7.03. The minimum absolute atomic E-state index is 0. The lowest BCUT2D eigenvalue weighted by Crippen LogP contribution is -2.49. The smallest absolute Gasteiger partial charge is 0.191 e. The summed E-state index contributed by atoms with van der Waals surface area (Å²) in [6.45, 7) is 8.27. The number of halogens is 1. The molecule has 1 aromatic carbocycles. The van der Waals surface area contributed by atoms with Crippen molar-refractivity contribution in [2.75, 3.05) is 59.4 Å². The fourth-order valence-electron chi connectivity index (χ4n) is 3.25. The van der Waals surface area contributed by atoms with Crippen molar-refractivity contribution in [2.45, 2.75) is 38.8 Å². The molecule has 0 radical (unpaired) electrons. The second-order valence-electron chi connectivity index (χ2n) is 7.55. The average molecular weight is 519 g/mol. The number of hydrogen-bond donors (Lipinski definition) is 2. The molecular formula is C21H38IN5O2. The standard InChI is InChI=1S/C21H37N5O2.HI/c1-16(2)25(4)12-9-23-21(22-3)24-17-7-10-26(11-8-17)18-13-19(27-5)15-20(14-18)28-6;/h13-17H,7-12H2,1-6H3,(H2,22,23,24);1H. The van der Waals surface area contributed by atoms with Crippen molar-refractivity contribution in [2.24, 2.45) is 4.99 Å². The van der Waals surface area contributed by atoms with Gasteiger partial charge < -0.3 is 29.9 Å². The molecule has 2 N–H and O–H groups in total. The van der Waals surface area contributed by atoms with E-state index < -0.39 is 0 Å². The zero-order valence-electron chi connectivity index (χ0n) is 18.7. The zero-order valence-corrected chi connectivity index (χ0v) is 21.0. The zero-order chi connectivity index (χ0) is 20.5. The highest BCUT2D eigenvalue weighted by molar-refractivity contribution is 14.0. The van der Waals surface area contributed by atoms with Crippen LogP contribution in [0, 0.1) is 0 Å². The molecule has 29 heavy (non-hydrogen) atoms. The van der Waals surface area contributed by atoms with Crippen molar-refractivity contribution in [3.05, 3.63) is 18.2 Å². The molecule has 1 aliphatic heterocycles. The van der Waals surface area contributed by atoms with Gasteiger partial charge in [-0.05, 0) is 33.7 Å². The molecule has 0 amide bonds. The molecule has 0 spiro atoms. The van der Waals surface area contributed by atoms with Gasteiger partial charge in [0.15, 0.2) is 5.96 Å². The fourth-order valence-corrected chi connectivity index (χ4v) is 3.25. The van der Waals surface area contributed by atoms with Gasteiger partial charge in [0.25, 0.3) is 0 Å². The van der Waals surface area contributed by atoms with Crippen LogP contribution in [0.1, 0.15) is 26.7 Å². The van der Waals surface area contributed by atoms with Crippen LogP contribution in [0.5, 0.6) is 11.5 Å². The highest BCUT2D eigenvalue weighted by atomic mass is 127. The van der Waals surface area contributed by atoms with Crippen LogP contribution in [-0.4, -0.2) is 77.4 Å². The van der Waals surface area contributed by atoms with Crippen LogP contribution in [0.4, 0.5) is 5.69 Å². The van der Waals surface area contributed by atoms with Gasteiger partial charge in [-0.2, -0.15) is 0 Å². The van der Waals surface area contributed by atoms with E-state index in [1.54, 1.807) is 14.2 Å². The molecule has 1 fully saturated rings. The maximum Gasteiger partial charge on any atom is 0.191 e. The van der Waals surface area contributed by atoms with Crippen LogP contribution in [0.2, 0.25) is 0 Å². The summed E-state index contributed by atoms with van der Waals surface area (Å²) in [5, 5.41) is 7.00. The largest absolute Gasteiger partial charge is 0.497 e. The lowest BCUT2D eigenvalue weighted by atomic mass is 10.0. The topological polar surface area (TPSA) is 61.4 Å². The molecule has 8 heteroatoms. The summed E-state index contributed by atoms with van der Waals surface area (Å²) in [5.41, 5.74) is 1.15. The minimum atomic E-state index is 0. The molecular weight excluding hydrogens is 481 g/mol. The van der Waals surface area contributed by atoms with Gasteiger partial charge in [-0.15, -0.1) is 24.0 Å². The molecule has 0 bridgehead atoms. The highest BCUT2D eigenvalue weighted by Gasteiger charge is 2.21. The van der Waals surface area contributed by atoms with E-state index in [0.717, 1.165) is 62.2 Å². The van der Waals surface area contributed by atoms with E-state index in [2.05, 4.69) is 58.5 Å². The molecule has 0 saturated carbocycles. The summed E-state index contributed by atoms with van der Waals surface area (Å²) < 4.78 is 10.8. The first-order valence-corrected chi connectivity index (χ1v) is 10.1. The molecule has 0 aromatic heterocycles. The summed E-state index contributed by atoms with van der Waals surface area (Å²) in [7, 11) is 7.35. The van der Waals surface area contributed by atoms with Crippen LogP contribution >= 0.6 is 24.0 Å². The monoisotopic (exact) mass is 519 g/mol. The Kier molecular flexibility index (Phi) is 11.5. The number of likely N-dealkylation sites (N-methyl/N-ethyl adjacent to an activating group) is 1. The van der Waals surface area contributed by atoms with Crippen molar-refractivity contribution in [1.29, 1.82) is 0 Å². The van der Waals surface area contributed by atoms with E-state index in [0.29, 0.717) is 12.1 Å². The van der Waals surface area contributed by atoms with Crippen LogP contribution in [0.25, 0.3) is 0 Å². The molecule has 2 rings (SSSR count). The number of nitrogens with zero attached hydrogens (tertiary/aromatic N) is 3. The number of aliphatic imine (C=N–C) groups is 1. The Labute approximate surface area is 193 Å². The van der Waals surface area contributed by atoms with Gasteiger partial charge in [-0.3, -0.25) is 4.99 Å². The molecule has 1 aliphatic rings. The summed E-state index contributed by atoms with van der Waals surface area (Å²) in [6.07, 6.45) is 2.12. The van der Waals surface area contributed by atoms with E-state index in [9.17, 15) is 0 Å². The number of anilines is 1. The molecule has 1 heterocycles. The lowest BCUT2D eigenvalue weighted by molar-refractivity contribution is 0.278. The summed E-state index contributed by atoms with van der Waals surface area (Å²) in [4.78, 5) is 9.08. The van der Waals surface area contributed by atoms with Gasteiger partial charge in [0, 0.05) is 69.2 Å². The van der Waals surface area contributed by atoms with E-state index in [4.69, 9.17) is 9.47 Å². The van der Waals surface area contributed by atoms with Gasteiger partial charge in [-0.1, -0.05) is 0 Å². The quantitative estimate of drug-likeness (QED) is 0.313. The Balaban J connectivity index is 0.00000420. The van der Waals surface area contributed by atoms with Crippen molar-refractivity contribution in [1.82, 2.24) is 15.5 Å². The number of ether oxygens (including phenoxy) is 2. The normalized spacial score (nSPS) is 15.3. The van der Waals surface area contributed by atoms with Crippen molar-refractivity contribution in [3.8, 4) is 11.5 Å². The number of methoxy groups -OCH3 is 2. The molecule has 1 saturated heterocycles. The average Bonchev–Trinajstić information content (AvgIpc) is 2.72. The Morgan fingerprint density at radius 3 is 2.24 bits per heavy atom. The van der Waals surface area contributed by atoms with Gasteiger partial charge in [0.2, 0.25) is 0 Å². The van der Waals surface area contributed by atoms with Crippen LogP contribution in [-0.2, 0) is 0 Å². The fraction of sp³-hybridized carbons (Fsp3) is 0.667. The maximum absolute atomic E-state index is 5.40. The van der Waals surface area contributed by atoms with Gasteiger partial charge in [0.05, 0.1) is 14.2 Å². The second-order valence-corrected chi connectivity index (χ2v) is 7.55. The van der Waals surface area contributed by atoms with Crippen molar-refractivity contribution in [3.63, 3.8) is 0 Å². The summed E-state index contributed by atoms with van der Waals surface area (Å²) >= 11 is 0. The number of guanidine groups is 1. The van der Waals surface area contributed by atoms with E-state index in [1.807, 2.05) is 13.1 Å². The first-order valence-electron chi connectivity index (χ1n) is 10.1. The first-order chi connectivity index (χ1) is 13.5. The Morgan fingerprint density at radius 1 is 1.17 bits per heavy atom.